The molecule has 4 fully saturated rings. The molecule has 9 heteroatoms. The lowest BCUT2D eigenvalue weighted by Gasteiger charge is -2.54. The Morgan fingerprint density at radius 3 is 2.24 bits per heavy atom. The summed E-state index contributed by atoms with van der Waals surface area (Å²) in [5.41, 5.74) is -1.35. The number of carbonyl (C=O) groups excluding carboxylic acids is 1. The van der Waals surface area contributed by atoms with E-state index < -0.39 is 26.9 Å². The lowest BCUT2D eigenvalue weighted by atomic mass is 9.54. The Hall–Kier alpha value is -1.09. The summed E-state index contributed by atoms with van der Waals surface area (Å²) in [6, 6.07) is 0. The molecule has 4 bridgehead atoms. The van der Waals surface area contributed by atoms with E-state index in [1.165, 1.54) is 0 Å². The van der Waals surface area contributed by atoms with Crippen LogP contribution in [0, 0.1) is 17.8 Å². The van der Waals surface area contributed by atoms with Crippen LogP contribution in [-0.2, 0) is 23.9 Å². The highest BCUT2D eigenvalue weighted by molar-refractivity contribution is 7.88. The van der Waals surface area contributed by atoms with Gasteiger partial charge in [-0.1, -0.05) is 0 Å². The number of Topliss-reactive ketones (excluding diaryl/α,β-unsaturated/α-hetero) is 1. The van der Waals surface area contributed by atoms with Gasteiger partial charge in [-0.2, -0.15) is 17.2 Å². The summed E-state index contributed by atoms with van der Waals surface area (Å²) in [6.45, 7) is 0. The Kier molecular flexibility index (Phi) is 2.98. The Labute approximate surface area is 119 Å². The quantitative estimate of drug-likeness (QED) is 0.779. The molecular formula is C12H14F2O6S. The summed E-state index contributed by atoms with van der Waals surface area (Å²) in [6.07, 6.45) is 1.70. The van der Waals surface area contributed by atoms with E-state index in [-0.39, 0.29) is 42.8 Å². The summed E-state index contributed by atoms with van der Waals surface area (Å²) in [4.78, 5) is 22.4. The molecule has 4 aliphatic carbocycles. The number of hydrogen-bond donors (Lipinski definition) is 1. The van der Waals surface area contributed by atoms with Crippen molar-refractivity contribution >= 4 is 21.9 Å². The minimum atomic E-state index is -5.58. The van der Waals surface area contributed by atoms with Gasteiger partial charge in [0.05, 0.1) is 5.60 Å². The molecule has 0 aromatic heterocycles. The van der Waals surface area contributed by atoms with E-state index in [0.29, 0.717) is 12.8 Å². The Bertz CT molecular complexity index is 595. The van der Waals surface area contributed by atoms with Gasteiger partial charge in [0.2, 0.25) is 0 Å². The molecule has 4 saturated carbocycles. The molecule has 0 aromatic rings. The first kappa shape index (κ1) is 14.8. The molecule has 0 spiro atoms. The van der Waals surface area contributed by atoms with Gasteiger partial charge in [-0.15, -0.1) is 0 Å². The number of alkyl halides is 2. The predicted octanol–water partition coefficient (Wildman–Crippen LogP) is 1.16. The fraction of sp³-hybridized carbons (Fsp3) is 0.833. The zero-order valence-corrected chi connectivity index (χ0v) is 11.7. The fourth-order valence-corrected chi connectivity index (χ4v) is 5.16. The first-order valence-electron chi connectivity index (χ1n) is 6.66. The van der Waals surface area contributed by atoms with Crippen LogP contribution < -0.4 is 0 Å². The van der Waals surface area contributed by atoms with E-state index in [4.69, 9.17) is 9.29 Å². The second-order valence-corrected chi connectivity index (χ2v) is 7.88. The number of rotatable bonds is 4. The van der Waals surface area contributed by atoms with Crippen molar-refractivity contribution < 1.29 is 36.1 Å². The van der Waals surface area contributed by atoms with Crippen LogP contribution in [0.3, 0.4) is 0 Å². The van der Waals surface area contributed by atoms with E-state index in [0.717, 1.165) is 0 Å². The average molecular weight is 324 g/mol. The standard InChI is InChI=1S/C12H14F2O6S/c13-12(14,10(16)17)21(18,19)20-11-3-6-1-7(4-11)9(15)8(2-6)5-11/h6-8H,1-5H2,(H,16,17). The van der Waals surface area contributed by atoms with Crippen molar-refractivity contribution in [1.29, 1.82) is 0 Å². The Balaban J connectivity index is 1.89. The maximum absolute atomic E-state index is 13.3. The number of hydrogen-bond acceptors (Lipinski definition) is 5. The SMILES string of the molecule is O=C1C2CC3CC1CC(OS(=O)(=O)C(F)(F)C(=O)O)(C3)C2. The first-order valence-corrected chi connectivity index (χ1v) is 8.07. The number of aliphatic carboxylic acids is 1. The van der Waals surface area contributed by atoms with E-state index in [9.17, 15) is 26.8 Å². The molecule has 2 atom stereocenters. The fourth-order valence-electron chi connectivity index (χ4n) is 4.17. The molecule has 1 N–H and O–H groups in total. The van der Waals surface area contributed by atoms with Gasteiger partial charge in [-0.25, -0.2) is 4.79 Å². The monoisotopic (exact) mass is 324 g/mol. The van der Waals surface area contributed by atoms with Gasteiger partial charge >= 0.3 is 21.3 Å². The second-order valence-electron chi connectivity index (χ2n) is 6.29. The molecular weight excluding hydrogens is 310 g/mol. The van der Waals surface area contributed by atoms with Crippen molar-refractivity contribution in [3.8, 4) is 0 Å². The van der Waals surface area contributed by atoms with Gasteiger partial charge in [0, 0.05) is 11.8 Å². The molecule has 0 saturated heterocycles. The van der Waals surface area contributed by atoms with Gasteiger partial charge < -0.3 is 5.11 Å². The molecule has 0 heterocycles. The van der Waals surface area contributed by atoms with Crippen molar-refractivity contribution in [2.75, 3.05) is 0 Å². The predicted molar refractivity (Wildman–Crippen MR) is 63.9 cm³/mol. The van der Waals surface area contributed by atoms with Gasteiger partial charge in [0.1, 0.15) is 5.78 Å². The largest absolute Gasteiger partial charge is 0.476 e. The van der Waals surface area contributed by atoms with Crippen LogP contribution in [0.2, 0.25) is 0 Å². The Morgan fingerprint density at radius 2 is 1.76 bits per heavy atom. The highest BCUT2D eigenvalue weighted by Gasteiger charge is 2.62. The lowest BCUT2D eigenvalue weighted by Crippen LogP contribution is -2.58. The van der Waals surface area contributed by atoms with Crippen molar-refractivity contribution in [2.45, 2.75) is 43.0 Å². The molecule has 0 radical (unpaired) electrons. The second kappa shape index (κ2) is 4.22. The molecule has 2 unspecified atom stereocenters. The van der Waals surface area contributed by atoms with Crippen molar-refractivity contribution in [2.24, 2.45) is 17.8 Å². The van der Waals surface area contributed by atoms with Crippen LogP contribution in [0.1, 0.15) is 32.1 Å². The minimum absolute atomic E-state index is 0.0487. The summed E-state index contributed by atoms with van der Waals surface area (Å²) in [5, 5.41) is 3.38. The molecule has 0 aliphatic heterocycles. The van der Waals surface area contributed by atoms with E-state index in [2.05, 4.69) is 0 Å². The molecule has 21 heavy (non-hydrogen) atoms. The van der Waals surface area contributed by atoms with Crippen LogP contribution in [0.4, 0.5) is 8.78 Å². The van der Waals surface area contributed by atoms with Crippen LogP contribution in [0.15, 0.2) is 0 Å². The first-order chi connectivity index (χ1) is 9.56. The van der Waals surface area contributed by atoms with Gasteiger partial charge in [-0.05, 0) is 38.0 Å². The zero-order chi connectivity index (χ0) is 15.6. The molecule has 4 aliphatic rings. The smallest absolute Gasteiger partial charge is 0.465 e. The molecule has 6 nitrogen and oxygen atoms in total. The number of carboxylic acid groups (broad SMARTS) is 1. The van der Waals surface area contributed by atoms with Crippen LogP contribution in [0.25, 0.3) is 0 Å². The van der Waals surface area contributed by atoms with E-state index >= 15 is 0 Å². The summed E-state index contributed by atoms with van der Waals surface area (Å²) < 4.78 is 54.6. The lowest BCUT2D eigenvalue weighted by molar-refractivity contribution is -0.161. The maximum atomic E-state index is 13.3. The average Bonchev–Trinajstić information content (AvgIpc) is 2.33. The minimum Gasteiger partial charge on any atom is -0.476 e. The van der Waals surface area contributed by atoms with Gasteiger partial charge in [-0.3, -0.25) is 8.98 Å². The zero-order valence-electron chi connectivity index (χ0n) is 10.9. The maximum Gasteiger partial charge on any atom is 0.465 e. The van der Waals surface area contributed by atoms with Crippen LogP contribution in [0.5, 0.6) is 0 Å². The number of ketones is 1. The van der Waals surface area contributed by atoms with Crippen molar-refractivity contribution in [3.63, 3.8) is 0 Å². The highest BCUT2D eigenvalue weighted by atomic mass is 32.2. The van der Waals surface area contributed by atoms with Crippen LogP contribution in [-0.4, -0.2) is 36.1 Å². The van der Waals surface area contributed by atoms with Crippen LogP contribution >= 0.6 is 0 Å². The third-order valence-electron chi connectivity index (χ3n) is 4.79. The van der Waals surface area contributed by atoms with Gasteiger partial charge in [0.25, 0.3) is 0 Å². The van der Waals surface area contributed by atoms with Crippen molar-refractivity contribution in [3.05, 3.63) is 0 Å². The summed E-state index contributed by atoms with van der Waals surface area (Å²) in [7, 11) is -5.58. The third-order valence-corrected chi connectivity index (χ3v) is 6.16. The van der Waals surface area contributed by atoms with Gasteiger partial charge in [0.15, 0.2) is 0 Å². The Morgan fingerprint density at radius 1 is 1.24 bits per heavy atom. The highest BCUT2D eigenvalue weighted by Crippen LogP contribution is 2.56. The molecule has 118 valence electrons. The topological polar surface area (TPSA) is 97.7 Å². The van der Waals surface area contributed by atoms with E-state index in [1.54, 1.807) is 0 Å². The summed E-state index contributed by atoms with van der Waals surface area (Å²) in [5.74, 6) is -3.35. The molecule has 0 amide bonds. The number of carboxylic acids is 1. The molecule has 4 rings (SSSR count). The number of carbonyl (C=O) groups is 2. The molecule has 0 aromatic carbocycles. The van der Waals surface area contributed by atoms with Crippen molar-refractivity contribution in [1.82, 2.24) is 0 Å². The number of halogens is 2. The third kappa shape index (κ3) is 2.09. The van der Waals surface area contributed by atoms with E-state index in [1.807, 2.05) is 0 Å². The summed E-state index contributed by atoms with van der Waals surface area (Å²) >= 11 is 0. The normalized spacial score (nSPS) is 38.8.